The summed E-state index contributed by atoms with van der Waals surface area (Å²) in [4.78, 5) is 26.9. The van der Waals surface area contributed by atoms with Crippen molar-refractivity contribution in [2.24, 2.45) is 5.92 Å². The number of rotatable bonds is 8. The number of nitrogens with one attached hydrogen (secondary N) is 2. The van der Waals surface area contributed by atoms with Crippen LogP contribution in [0.5, 0.6) is 5.75 Å². The summed E-state index contributed by atoms with van der Waals surface area (Å²) >= 11 is 0. The Morgan fingerprint density at radius 3 is 2.11 bits per heavy atom. The van der Waals surface area contributed by atoms with Crippen LogP contribution in [0.15, 0.2) is 48.5 Å². The number of ether oxygens (including phenoxy) is 1. The molecule has 28 heavy (non-hydrogen) atoms. The minimum atomic E-state index is -0.335. The van der Waals surface area contributed by atoms with Gasteiger partial charge < -0.3 is 20.3 Å². The highest BCUT2D eigenvalue weighted by atomic mass is 16.5. The molecule has 0 saturated carbocycles. The molecule has 0 aliphatic rings. The van der Waals surface area contributed by atoms with E-state index in [1.165, 1.54) is 0 Å². The molecule has 0 spiro atoms. The SMILES string of the molecule is COc1ccc(C(C(=O)NCC(=O)Nc2ccc(N(C)C)cc2)C(C)C)cc1. The van der Waals surface area contributed by atoms with Gasteiger partial charge in [0.1, 0.15) is 5.75 Å². The van der Waals surface area contributed by atoms with Crippen LogP contribution in [0.3, 0.4) is 0 Å². The van der Waals surface area contributed by atoms with Crippen molar-refractivity contribution in [3.8, 4) is 5.75 Å². The van der Waals surface area contributed by atoms with Crippen LogP contribution in [-0.4, -0.2) is 39.6 Å². The minimum absolute atomic E-state index is 0.0758. The molecule has 2 N–H and O–H groups in total. The monoisotopic (exact) mass is 383 g/mol. The molecule has 0 aliphatic carbocycles. The first kappa shape index (κ1) is 21.3. The van der Waals surface area contributed by atoms with Gasteiger partial charge in [-0.1, -0.05) is 26.0 Å². The Hall–Kier alpha value is -3.02. The fourth-order valence-corrected chi connectivity index (χ4v) is 2.98. The van der Waals surface area contributed by atoms with Gasteiger partial charge in [-0.25, -0.2) is 0 Å². The average molecular weight is 383 g/mol. The number of amides is 2. The van der Waals surface area contributed by atoms with Gasteiger partial charge in [-0.2, -0.15) is 0 Å². The zero-order chi connectivity index (χ0) is 20.7. The van der Waals surface area contributed by atoms with E-state index in [-0.39, 0.29) is 30.2 Å². The average Bonchev–Trinajstić information content (AvgIpc) is 2.67. The zero-order valence-electron chi connectivity index (χ0n) is 17.2. The second kappa shape index (κ2) is 9.78. The summed E-state index contributed by atoms with van der Waals surface area (Å²) in [5, 5.41) is 5.55. The number of carbonyl (C=O) groups excluding carboxylic acids is 2. The topological polar surface area (TPSA) is 70.7 Å². The lowest BCUT2D eigenvalue weighted by Gasteiger charge is -2.21. The predicted molar refractivity (Wildman–Crippen MR) is 113 cm³/mol. The summed E-state index contributed by atoms with van der Waals surface area (Å²) in [7, 11) is 5.52. The van der Waals surface area contributed by atoms with Crippen molar-refractivity contribution >= 4 is 23.2 Å². The first-order chi connectivity index (χ1) is 13.3. The van der Waals surface area contributed by atoms with E-state index in [1.807, 2.05) is 81.4 Å². The molecule has 0 radical (unpaired) electrons. The fraction of sp³-hybridized carbons (Fsp3) is 0.364. The zero-order valence-corrected chi connectivity index (χ0v) is 17.2. The number of anilines is 2. The first-order valence-electron chi connectivity index (χ1n) is 9.30. The Bertz CT molecular complexity index is 784. The third-order valence-electron chi connectivity index (χ3n) is 4.51. The van der Waals surface area contributed by atoms with Crippen LogP contribution in [0, 0.1) is 5.92 Å². The van der Waals surface area contributed by atoms with E-state index in [9.17, 15) is 9.59 Å². The van der Waals surface area contributed by atoms with Crippen molar-refractivity contribution in [2.45, 2.75) is 19.8 Å². The van der Waals surface area contributed by atoms with Gasteiger partial charge in [-0.3, -0.25) is 9.59 Å². The lowest BCUT2D eigenvalue weighted by Crippen LogP contribution is -2.37. The lowest BCUT2D eigenvalue weighted by atomic mass is 9.87. The summed E-state index contributed by atoms with van der Waals surface area (Å²) < 4.78 is 5.17. The Labute approximate surface area is 166 Å². The number of hydrogen-bond acceptors (Lipinski definition) is 4. The van der Waals surface area contributed by atoms with E-state index in [1.54, 1.807) is 7.11 Å². The van der Waals surface area contributed by atoms with Gasteiger partial charge >= 0.3 is 0 Å². The van der Waals surface area contributed by atoms with Gasteiger partial charge in [0, 0.05) is 25.5 Å². The molecule has 0 heterocycles. The summed E-state index contributed by atoms with van der Waals surface area (Å²) in [6, 6.07) is 15.0. The molecule has 2 aromatic carbocycles. The standard InChI is InChI=1S/C22H29N3O3/c1-15(2)21(16-6-12-19(28-5)13-7-16)22(27)23-14-20(26)24-17-8-10-18(11-9-17)25(3)4/h6-13,15,21H,14H2,1-5H3,(H,23,27)(H,24,26). The molecule has 0 bridgehead atoms. The molecule has 2 amide bonds. The molecule has 2 aromatic rings. The quantitative estimate of drug-likeness (QED) is 0.734. The maximum atomic E-state index is 12.7. The van der Waals surface area contributed by atoms with Gasteiger partial charge in [0.2, 0.25) is 11.8 Å². The van der Waals surface area contributed by atoms with Crippen LogP contribution < -0.4 is 20.3 Å². The van der Waals surface area contributed by atoms with Crippen molar-refractivity contribution in [1.29, 1.82) is 0 Å². The highest BCUT2D eigenvalue weighted by Crippen LogP contribution is 2.26. The molecule has 150 valence electrons. The van der Waals surface area contributed by atoms with Crippen molar-refractivity contribution in [2.75, 3.05) is 38.0 Å². The Morgan fingerprint density at radius 2 is 1.61 bits per heavy atom. The third kappa shape index (κ3) is 5.74. The molecular formula is C22H29N3O3. The van der Waals surface area contributed by atoms with Crippen molar-refractivity contribution in [3.05, 3.63) is 54.1 Å². The molecular weight excluding hydrogens is 354 g/mol. The van der Waals surface area contributed by atoms with E-state index in [4.69, 9.17) is 4.74 Å². The molecule has 2 rings (SSSR count). The van der Waals surface area contributed by atoms with Crippen molar-refractivity contribution < 1.29 is 14.3 Å². The summed E-state index contributed by atoms with van der Waals surface area (Å²) in [5.74, 6) is 0.0703. The van der Waals surface area contributed by atoms with E-state index in [0.29, 0.717) is 5.69 Å². The molecule has 0 aliphatic heterocycles. The van der Waals surface area contributed by atoms with Crippen molar-refractivity contribution in [3.63, 3.8) is 0 Å². The number of benzene rings is 2. The summed E-state index contributed by atoms with van der Waals surface area (Å²) in [5.41, 5.74) is 2.64. The molecule has 0 fully saturated rings. The number of hydrogen-bond donors (Lipinski definition) is 2. The normalized spacial score (nSPS) is 11.6. The third-order valence-corrected chi connectivity index (χ3v) is 4.51. The first-order valence-corrected chi connectivity index (χ1v) is 9.30. The number of methoxy groups -OCH3 is 1. The highest BCUT2D eigenvalue weighted by Gasteiger charge is 2.24. The smallest absolute Gasteiger partial charge is 0.243 e. The van der Waals surface area contributed by atoms with Crippen LogP contribution in [0.1, 0.15) is 25.3 Å². The van der Waals surface area contributed by atoms with E-state index in [2.05, 4.69) is 10.6 Å². The van der Waals surface area contributed by atoms with E-state index in [0.717, 1.165) is 17.0 Å². The molecule has 6 nitrogen and oxygen atoms in total. The molecule has 0 aromatic heterocycles. The van der Waals surface area contributed by atoms with Gasteiger partial charge in [-0.15, -0.1) is 0 Å². The molecule has 0 saturated heterocycles. The largest absolute Gasteiger partial charge is 0.497 e. The van der Waals surface area contributed by atoms with Gasteiger partial charge in [0.15, 0.2) is 0 Å². The summed E-state index contributed by atoms with van der Waals surface area (Å²) in [6.45, 7) is 3.90. The van der Waals surface area contributed by atoms with Gasteiger partial charge in [-0.05, 0) is 47.9 Å². The molecule has 1 atom stereocenters. The van der Waals surface area contributed by atoms with E-state index < -0.39 is 0 Å². The fourth-order valence-electron chi connectivity index (χ4n) is 2.98. The van der Waals surface area contributed by atoms with Crippen LogP contribution in [0.25, 0.3) is 0 Å². The lowest BCUT2D eigenvalue weighted by molar-refractivity contribution is -0.126. The Kier molecular flexibility index (Phi) is 7.44. The maximum Gasteiger partial charge on any atom is 0.243 e. The summed E-state index contributed by atoms with van der Waals surface area (Å²) in [6.07, 6.45) is 0. The minimum Gasteiger partial charge on any atom is -0.497 e. The van der Waals surface area contributed by atoms with Crippen molar-refractivity contribution in [1.82, 2.24) is 5.32 Å². The second-order valence-electron chi connectivity index (χ2n) is 7.20. The Morgan fingerprint density at radius 1 is 1.00 bits per heavy atom. The number of carbonyl (C=O) groups is 2. The Balaban J connectivity index is 1.94. The van der Waals surface area contributed by atoms with E-state index >= 15 is 0 Å². The van der Waals surface area contributed by atoms with Gasteiger partial charge in [0.05, 0.1) is 19.6 Å². The van der Waals surface area contributed by atoms with Crippen LogP contribution in [0.4, 0.5) is 11.4 Å². The van der Waals surface area contributed by atoms with Crippen LogP contribution >= 0.6 is 0 Å². The maximum absolute atomic E-state index is 12.7. The molecule has 6 heteroatoms. The van der Waals surface area contributed by atoms with Crippen LogP contribution in [0.2, 0.25) is 0 Å². The van der Waals surface area contributed by atoms with Crippen LogP contribution in [-0.2, 0) is 9.59 Å². The molecule has 1 unspecified atom stereocenters. The number of nitrogens with zero attached hydrogens (tertiary/aromatic N) is 1. The highest BCUT2D eigenvalue weighted by molar-refractivity contribution is 5.95. The second-order valence-corrected chi connectivity index (χ2v) is 7.20. The predicted octanol–water partition coefficient (Wildman–Crippen LogP) is 3.26. The van der Waals surface area contributed by atoms with Gasteiger partial charge in [0.25, 0.3) is 0 Å².